The molecule has 1 N–H and O–H groups in total. The van der Waals surface area contributed by atoms with Crippen molar-refractivity contribution in [3.63, 3.8) is 0 Å². The monoisotopic (exact) mass is 227 g/mol. The zero-order valence-electron chi connectivity index (χ0n) is 11.1. The van der Waals surface area contributed by atoms with Gasteiger partial charge < -0.3 is 10.1 Å². The second-order valence-corrected chi connectivity index (χ2v) is 5.20. The first-order chi connectivity index (χ1) is 7.83. The Morgan fingerprint density at radius 1 is 1.25 bits per heavy atom. The highest BCUT2D eigenvalue weighted by Gasteiger charge is 2.12. The van der Waals surface area contributed by atoms with Crippen molar-refractivity contribution in [2.24, 2.45) is 5.92 Å². The molecule has 0 heterocycles. The van der Waals surface area contributed by atoms with Crippen LogP contribution >= 0.6 is 0 Å². The Kier molecular flexibility index (Phi) is 7.87. The van der Waals surface area contributed by atoms with Crippen LogP contribution in [0.5, 0.6) is 0 Å². The van der Waals surface area contributed by atoms with Crippen molar-refractivity contribution in [1.82, 2.24) is 5.32 Å². The topological polar surface area (TPSA) is 21.3 Å². The first-order valence-corrected chi connectivity index (χ1v) is 7.15. The van der Waals surface area contributed by atoms with E-state index in [0.717, 1.165) is 32.0 Å². The van der Waals surface area contributed by atoms with E-state index in [1.807, 2.05) is 0 Å². The van der Waals surface area contributed by atoms with Crippen LogP contribution in [0.4, 0.5) is 0 Å². The van der Waals surface area contributed by atoms with Gasteiger partial charge in [0.25, 0.3) is 0 Å². The smallest absolute Gasteiger partial charge is 0.0575 e. The molecular formula is C14H29NO. The fourth-order valence-electron chi connectivity index (χ4n) is 2.17. The Morgan fingerprint density at radius 2 is 2.00 bits per heavy atom. The molecule has 0 aromatic rings. The molecule has 0 saturated heterocycles. The van der Waals surface area contributed by atoms with Gasteiger partial charge in [-0.05, 0) is 38.3 Å². The molecule has 1 aliphatic carbocycles. The van der Waals surface area contributed by atoms with Crippen molar-refractivity contribution in [3.8, 4) is 0 Å². The maximum absolute atomic E-state index is 5.88. The summed E-state index contributed by atoms with van der Waals surface area (Å²) in [6, 6.07) is 0. The van der Waals surface area contributed by atoms with Crippen LogP contribution < -0.4 is 5.32 Å². The second-order valence-electron chi connectivity index (χ2n) is 5.20. The lowest BCUT2D eigenvalue weighted by Gasteiger charge is -2.22. The number of ether oxygens (including phenoxy) is 1. The lowest BCUT2D eigenvalue weighted by Crippen LogP contribution is -2.24. The molecule has 2 nitrogen and oxygen atoms in total. The average molecular weight is 227 g/mol. The van der Waals surface area contributed by atoms with E-state index in [-0.39, 0.29) is 0 Å². The largest absolute Gasteiger partial charge is 0.378 e. The standard InChI is InChI=1S/C14H29NO/c1-3-13(2)12-15-10-7-11-16-14-8-5-4-6-9-14/h13-15H,3-12H2,1-2H3. The van der Waals surface area contributed by atoms with Gasteiger partial charge in [-0.3, -0.25) is 0 Å². The summed E-state index contributed by atoms with van der Waals surface area (Å²) in [5.74, 6) is 0.805. The number of nitrogens with one attached hydrogen (secondary N) is 1. The van der Waals surface area contributed by atoms with E-state index in [9.17, 15) is 0 Å². The maximum Gasteiger partial charge on any atom is 0.0575 e. The summed E-state index contributed by atoms with van der Waals surface area (Å²) in [7, 11) is 0. The molecule has 0 bridgehead atoms. The average Bonchev–Trinajstić information content (AvgIpc) is 2.34. The van der Waals surface area contributed by atoms with Crippen LogP contribution in [0.1, 0.15) is 58.8 Å². The molecular weight excluding hydrogens is 198 g/mol. The van der Waals surface area contributed by atoms with Crippen molar-refractivity contribution in [2.75, 3.05) is 19.7 Å². The van der Waals surface area contributed by atoms with Crippen molar-refractivity contribution in [3.05, 3.63) is 0 Å². The minimum Gasteiger partial charge on any atom is -0.378 e. The molecule has 0 amide bonds. The van der Waals surface area contributed by atoms with E-state index in [1.165, 1.54) is 38.5 Å². The summed E-state index contributed by atoms with van der Waals surface area (Å²) in [4.78, 5) is 0. The van der Waals surface area contributed by atoms with Crippen LogP contribution in [0, 0.1) is 5.92 Å². The first-order valence-electron chi connectivity index (χ1n) is 7.15. The molecule has 1 saturated carbocycles. The summed E-state index contributed by atoms with van der Waals surface area (Å²) in [6.07, 6.45) is 9.74. The van der Waals surface area contributed by atoms with E-state index in [2.05, 4.69) is 19.2 Å². The van der Waals surface area contributed by atoms with Gasteiger partial charge in [0.15, 0.2) is 0 Å². The third-order valence-corrected chi connectivity index (χ3v) is 3.59. The van der Waals surface area contributed by atoms with E-state index >= 15 is 0 Å². The SMILES string of the molecule is CCC(C)CNCCCOC1CCCCC1. The molecule has 16 heavy (non-hydrogen) atoms. The Hall–Kier alpha value is -0.0800. The first kappa shape index (κ1) is 14.0. The zero-order chi connectivity index (χ0) is 11.6. The minimum absolute atomic E-state index is 0.573. The Labute approximate surface area is 101 Å². The number of hydrogen-bond donors (Lipinski definition) is 1. The highest BCUT2D eigenvalue weighted by atomic mass is 16.5. The molecule has 1 atom stereocenters. The Morgan fingerprint density at radius 3 is 2.69 bits per heavy atom. The highest BCUT2D eigenvalue weighted by molar-refractivity contribution is 4.65. The number of rotatable bonds is 8. The molecule has 0 spiro atoms. The molecule has 1 unspecified atom stereocenters. The van der Waals surface area contributed by atoms with Crippen molar-refractivity contribution in [2.45, 2.75) is 64.9 Å². The quantitative estimate of drug-likeness (QED) is 0.642. The summed E-state index contributed by atoms with van der Waals surface area (Å²) in [5.41, 5.74) is 0. The molecule has 1 aliphatic rings. The van der Waals surface area contributed by atoms with E-state index in [0.29, 0.717) is 6.10 Å². The van der Waals surface area contributed by atoms with Crippen LogP contribution in [-0.4, -0.2) is 25.8 Å². The van der Waals surface area contributed by atoms with Gasteiger partial charge in [0.05, 0.1) is 6.10 Å². The molecule has 0 aromatic carbocycles. The lowest BCUT2D eigenvalue weighted by molar-refractivity contribution is 0.0272. The normalized spacial score (nSPS) is 19.9. The summed E-state index contributed by atoms with van der Waals surface area (Å²) >= 11 is 0. The van der Waals surface area contributed by atoms with Gasteiger partial charge in [-0.15, -0.1) is 0 Å². The van der Waals surface area contributed by atoms with Gasteiger partial charge in [-0.25, -0.2) is 0 Å². The predicted molar refractivity (Wildman–Crippen MR) is 69.8 cm³/mol. The van der Waals surface area contributed by atoms with Gasteiger partial charge in [0.2, 0.25) is 0 Å². The fraction of sp³-hybridized carbons (Fsp3) is 1.00. The minimum atomic E-state index is 0.573. The molecule has 1 fully saturated rings. The third-order valence-electron chi connectivity index (χ3n) is 3.59. The molecule has 0 radical (unpaired) electrons. The van der Waals surface area contributed by atoms with E-state index in [4.69, 9.17) is 4.74 Å². The Balaban J connectivity index is 1.84. The van der Waals surface area contributed by atoms with Gasteiger partial charge in [0, 0.05) is 6.61 Å². The molecule has 2 heteroatoms. The summed E-state index contributed by atoms with van der Waals surface area (Å²) < 4.78 is 5.88. The van der Waals surface area contributed by atoms with Gasteiger partial charge >= 0.3 is 0 Å². The van der Waals surface area contributed by atoms with Crippen LogP contribution in [0.2, 0.25) is 0 Å². The van der Waals surface area contributed by atoms with E-state index < -0.39 is 0 Å². The molecule has 0 aromatic heterocycles. The van der Waals surface area contributed by atoms with E-state index in [1.54, 1.807) is 0 Å². The second kappa shape index (κ2) is 9.00. The maximum atomic E-state index is 5.88. The van der Waals surface area contributed by atoms with Crippen LogP contribution in [0.3, 0.4) is 0 Å². The van der Waals surface area contributed by atoms with Crippen molar-refractivity contribution >= 4 is 0 Å². The van der Waals surface area contributed by atoms with Crippen LogP contribution in [-0.2, 0) is 4.74 Å². The molecule has 96 valence electrons. The summed E-state index contributed by atoms with van der Waals surface area (Å²) in [6.45, 7) is 7.75. The van der Waals surface area contributed by atoms with Crippen molar-refractivity contribution in [1.29, 1.82) is 0 Å². The van der Waals surface area contributed by atoms with Crippen LogP contribution in [0.25, 0.3) is 0 Å². The van der Waals surface area contributed by atoms with Gasteiger partial charge in [0.1, 0.15) is 0 Å². The highest BCUT2D eigenvalue weighted by Crippen LogP contribution is 2.20. The van der Waals surface area contributed by atoms with Gasteiger partial charge in [-0.2, -0.15) is 0 Å². The number of hydrogen-bond acceptors (Lipinski definition) is 2. The Bertz CT molecular complexity index is 155. The molecule has 1 rings (SSSR count). The molecule has 0 aliphatic heterocycles. The fourth-order valence-corrected chi connectivity index (χ4v) is 2.17. The van der Waals surface area contributed by atoms with Crippen molar-refractivity contribution < 1.29 is 4.74 Å². The van der Waals surface area contributed by atoms with Gasteiger partial charge in [-0.1, -0.05) is 39.5 Å². The zero-order valence-corrected chi connectivity index (χ0v) is 11.1. The predicted octanol–water partition coefficient (Wildman–Crippen LogP) is 3.36. The summed E-state index contributed by atoms with van der Waals surface area (Å²) in [5, 5.41) is 3.49. The van der Waals surface area contributed by atoms with Crippen LogP contribution in [0.15, 0.2) is 0 Å². The lowest BCUT2D eigenvalue weighted by atomic mass is 9.98. The third kappa shape index (κ3) is 6.49.